The molecule has 0 unspecified atom stereocenters. The number of aryl methyl sites for hydroxylation is 1. The molecule has 0 saturated heterocycles. The Kier molecular flexibility index (Phi) is 5.31. The maximum Gasteiger partial charge on any atom is 0.184 e. The zero-order chi connectivity index (χ0) is 22.5. The van der Waals surface area contributed by atoms with E-state index in [0.29, 0.717) is 40.0 Å². The molecule has 4 heterocycles. The van der Waals surface area contributed by atoms with Crippen LogP contribution in [0.3, 0.4) is 0 Å². The first kappa shape index (κ1) is 21.5. The number of aliphatic hydroxyl groups excluding tert-OH is 1. The van der Waals surface area contributed by atoms with Gasteiger partial charge in [0.1, 0.15) is 16.4 Å². The third-order valence-electron chi connectivity index (χ3n) is 5.85. The largest absolute Gasteiger partial charge is 0.394 e. The van der Waals surface area contributed by atoms with Crippen LogP contribution in [0.1, 0.15) is 31.4 Å². The molecule has 1 aliphatic carbocycles. The van der Waals surface area contributed by atoms with Crippen LogP contribution >= 0.6 is 23.2 Å². The summed E-state index contributed by atoms with van der Waals surface area (Å²) in [4.78, 5) is 13.1. The van der Waals surface area contributed by atoms with Crippen LogP contribution in [-0.2, 0) is 16.3 Å². The summed E-state index contributed by atoms with van der Waals surface area (Å²) in [6.45, 7) is -0.115. The lowest BCUT2D eigenvalue weighted by Crippen LogP contribution is -2.49. The number of aromatic nitrogens is 6. The minimum Gasteiger partial charge on any atom is -0.394 e. The molecule has 3 aromatic heterocycles. The average molecular weight is 496 g/mol. The van der Waals surface area contributed by atoms with Gasteiger partial charge < -0.3 is 10.4 Å². The fourth-order valence-electron chi connectivity index (χ4n) is 4.00. The molecule has 1 aliphatic heterocycles. The summed E-state index contributed by atoms with van der Waals surface area (Å²) in [6.07, 6.45) is 7.84. The van der Waals surface area contributed by atoms with Crippen LogP contribution in [0.25, 0.3) is 17.2 Å². The molecule has 13 heteroatoms. The number of aliphatic hydroxyl groups is 1. The maximum absolute atomic E-state index is 12.8. The van der Waals surface area contributed by atoms with E-state index < -0.39 is 15.4 Å². The number of anilines is 1. The lowest BCUT2D eigenvalue weighted by molar-refractivity contribution is 0.143. The van der Waals surface area contributed by atoms with Gasteiger partial charge in [0, 0.05) is 12.4 Å². The Balaban J connectivity index is 1.62. The molecular weight excluding hydrogens is 477 g/mol. The zero-order valence-corrected chi connectivity index (χ0v) is 19.1. The first-order valence-electron chi connectivity index (χ1n) is 10.1. The van der Waals surface area contributed by atoms with Crippen molar-refractivity contribution >= 4 is 38.9 Å². The van der Waals surface area contributed by atoms with E-state index >= 15 is 0 Å². The number of nitrogens with one attached hydrogen (secondary N) is 1. The van der Waals surface area contributed by atoms with Gasteiger partial charge in [-0.1, -0.05) is 28.4 Å². The van der Waals surface area contributed by atoms with Gasteiger partial charge >= 0.3 is 0 Å². The molecule has 2 aliphatic rings. The van der Waals surface area contributed by atoms with Crippen molar-refractivity contribution in [2.24, 2.45) is 0 Å². The van der Waals surface area contributed by atoms with Crippen molar-refractivity contribution < 1.29 is 13.5 Å². The highest BCUT2D eigenvalue weighted by molar-refractivity contribution is 7.91. The Hall–Kier alpha value is -2.34. The Morgan fingerprint density at radius 1 is 1.16 bits per heavy atom. The average Bonchev–Trinajstić information content (AvgIpc) is 3.19. The number of halogens is 2. The molecule has 1 saturated carbocycles. The molecule has 0 aromatic carbocycles. The summed E-state index contributed by atoms with van der Waals surface area (Å²) in [6, 6.07) is 0. The molecule has 1 fully saturated rings. The van der Waals surface area contributed by atoms with Gasteiger partial charge in [-0.3, -0.25) is 4.98 Å². The van der Waals surface area contributed by atoms with Gasteiger partial charge in [-0.2, -0.15) is 0 Å². The van der Waals surface area contributed by atoms with Crippen molar-refractivity contribution in [2.45, 2.75) is 42.5 Å². The Morgan fingerprint density at radius 2 is 1.91 bits per heavy atom. The smallest absolute Gasteiger partial charge is 0.184 e. The first-order chi connectivity index (χ1) is 15.3. The van der Waals surface area contributed by atoms with E-state index in [1.54, 1.807) is 6.20 Å². The SMILES string of the molecule is O=S1(=O)CCCc2nc(-c3cn(-c4c(Cl)cncc4Cl)nn3)nc(NC3(CO)CCC3)c21. The van der Waals surface area contributed by atoms with Crippen molar-refractivity contribution in [3.63, 3.8) is 0 Å². The summed E-state index contributed by atoms with van der Waals surface area (Å²) in [5.41, 5.74) is 0.594. The number of pyridine rings is 1. The minimum atomic E-state index is -3.54. The van der Waals surface area contributed by atoms with E-state index in [1.807, 2.05) is 0 Å². The number of sulfone groups is 1. The van der Waals surface area contributed by atoms with Gasteiger partial charge in [0.25, 0.3) is 0 Å². The van der Waals surface area contributed by atoms with Crippen LogP contribution in [0.2, 0.25) is 10.0 Å². The highest BCUT2D eigenvalue weighted by Gasteiger charge is 2.39. The van der Waals surface area contributed by atoms with E-state index in [1.165, 1.54) is 17.1 Å². The van der Waals surface area contributed by atoms with Crippen LogP contribution in [0.15, 0.2) is 23.5 Å². The van der Waals surface area contributed by atoms with Crippen LogP contribution in [0.5, 0.6) is 0 Å². The van der Waals surface area contributed by atoms with Crippen LogP contribution in [0.4, 0.5) is 5.82 Å². The Labute approximate surface area is 193 Å². The lowest BCUT2D eigenvalue weighted by atomic mass is 9.77. The summed E-state index contributed by atoms with van der Waals surface area (Å²) in [7, 11) is -3.54. The van der Waals surface area contributed by atoms with E-state index in [4.69, 9.17) is 23.2 Å². The summed E-state index contributed by atoms with van der Waals surface area (Å²) in [5, 5.41) is 21.9. The Bertz CT molecular complexity index is 1280. The molecule has 0 spiro atoms. The summed E-state index contributed by atoms with van der Waals surface area (Å²) in [5.74, 6) is 0.468. The number of hydrogen-bond acceptors (Lipinski definition) is 9. The van der Waals surface area contributed by atoms with Gasteiger partial charge in [0.2, 0.25) is 0 Å². The number of fused-ring (bicyclic) bond motifs is 1. The van der Waals surface area contributed by atoms with Crippen LogP contribution in [0, 0.1) is 0 Å². The molecule has 0 atom stereocenters. The molecule has 10 nitrogen and oxygen atoms in total. The van der Waals surface area contributed by atoms with Crippen molar-refractivity contribution in [3.8, 4) is 17.2 Å². The van der Waals surface area contributed by atoms with Gasteiger partial charge in [0.15, 0.2) is 21.4 Å². The second-order valence-electron chi connectivity index (χ2n) is 8.01. The van der Waals surface area contributed by atoms with Crippen molar-refractivity contribution in [2.75, 3.05) is 17.7 Å². The van der Waals surface area contributed by atoms with Crippen LogP contribution < -0.4 is 5.32 Å². The molecule has 0 amide bonds. The predicted octanol–water partition coefficient (Wildman–Crippen LogP) is 2.47. The maximum atomic E-state index is 12.8. The van der Waals surface area contributed by atoms with Gasteiger partial charge in [-0.05, 0) is 32.1 Å². The van der Waals surface area contributed by atoms with Crippen molar-refractivity contribution in [1.29, 1.82) is 0 Å². The lowest BCUT2D eigenvalue weighted by Gasteiger charge is -2.42. The van der Waals surface area contributed by atoms with Gasteiger partial charge in [-0.15, -0.1) is 5.10 Å². The summed E-state index contributed by atoms with van der Waals surface area (Å²) < 4.78 is 27.1. The second-order valence-corrected chi connectivity index (χ2v) is 10.9. The number of hydrogen-bond donors (Lipinski definition) is 2. The van der Waals surface area contributed by atoms with Gasteiger partial charge in [-0.25, -0.2) is 23.1 Å². The number of nitrogens with zero attached hydrogens (tertiary/aromatic N) is 6. The highest BCUT2D eigenvalue weighted by Crippen LogP contribution is 2.39. The van der Waals surface area contributed by atoms with Crippen LogP contribution in [-0.4, -0.2) is 61.4 Å². The third-order valence-corrected chi connectivity index (χ3v) is 8.28. The molecule has 0 radical (unpaired) electrons. The first-order valence-corrected chi connectivity index (χ1v) is 12.5. The molecule has 168 valence electrons. The van der Waals surface area contributed by atoms with Crippen molar-refractivity contribution in [1.82, 2.24) is 29.9 Å². The molecule has 2 N–H and O–H groups in total. The van der Waals surface area contributed by atoms with E-state index in [0.717, 1.165) is 19.3 Å². The Morgan fingerprint density at radius 3 is 2.56 bits per heavy atom. The van der Waals surface area contributed by atoms with E-state index in [9.17, 15) is 13.5 Å². The highest BCUT2D eigenvalue weighted by atomic mass is 35.5. The van der Waals surface area contributed by atoms with E-state index in [2.05, 4.69) is 30.6 Å². The second kappa shape index (κ2) is 7.91. The molecular formula is C19H19Cl2N7O3S. The fourth-order valence-corrected chi connectivity index (χ4v) is 6.16. The predicted molar refractivity (Wildman–Crippen MR) is 118 cm³/mol. The van der Waals surface area contributed by atoms with Crippen molar-refractivity contribution in [3.05, 3.63) is 34.3 Å². The van der Waals surface area contributed by atoms with E-state index in [-0.39, 0.29) is 28.9 Å². The molecule has 0 bridgehead atoms. The standard InChI is InChI=1S/C19H19Cl2N7O3S/c20-11-7-22-8-12(21)15(11)28-9-14(26-27-28)17-23-13-3-1-6-32(30,31)16(13)18(24-17)25-19(10-29)4-2-5-19/h7-9,29H,1-6,10H2,(H,23,24,25). The fraction of sp³-hybridized carbons (Fsp3) is 0.421. The monoisotopic (exact) mass is 495 g/mol. The van der Waals surface area contributed by atoms with Gasteiger partial charge in [0.05, 0.1) is 39.8 Å². The zero-order valence-electron chi connectivity index (χ0n) is 16.8. The normalized spacial score (nSPS) is 18.6. The topological polar surface area (TPSA) is 136 Å². The minimum absolute atomic E-state index is 0.0404. The third kappa shape index (κ3) is 3.62. The molecule has 32 heavy (non-hydrogen) atoms. The quantitative estimate of drug-likeness (QED) is 0.546. The molecule has 5 rings (SSSR count). The number of rotatable bonds is 5. The summed E-state index contributed by atoms with van der Waals surface area (Å²) >= 11 is 12.4. The molecule has 3 aromatic rings.